The molecule has 4 nitrogen and oxygen atoms in total. The summed E-state index contributed by atoms with van der Waals surface area (Å²) >= 11 is 3.36. The molecule has 2 aromatic carbocycles. The van der Waals surface area contributed by atoms with E-state index in [2.05, 4.69) is 15.9 Å². The zero-order valence-corrected chi connectivity index (χ0v) is 16.3. The van der Waals surface area contributed by atoms with Gasteiger partial charge in [-0.25, -0.2) is 8.42 Å². The van der Waals surface area contributed by atoms with Crippen LogP contribution in [0.15, 0.2) is 58.4 Å². The molecule has 0 saturated heterocycles. The SMILES string of the molecule is Cc1cc(C)cc(N(C(=O)c2ccc(Br)cc2)C2C=CS(=O)(=O)C2)c1. The number of aryl methyl sites for hydroxylation is 2. The van der Waals surface area contributed by atoms with Crippen molar-refractivity contribution in [2.75, 3.05) is 10.7 Å². The maximum Gasteiger partial charge on any atom is 0.258 e. The third-order valence-corrected chi connectivity index (χ3v) is 5.94. The molecular weight excluding hydrogens is 402 g/mol. The van der Waals surface area contributed by atoms with E-state index in [0.717, 1.165) is 15.6 Å². The smallest absolute Gasteiger partial charge is 0.258 e. The highest BCUT2D eigenvalue weighted by atomic mass is 79.9. The van der Waals surface area contributed by atoms with Gasteiger partial charge in [-0.2, -0.15) is 0 Å². The molecule has 1 unspecified atom stereocenters. The average molecular weight is 420 g/mol. The molecular formula is C19H18BrNO3S. The predicted molar refractivity (Wildman–Crippen MR) is 104 cm³/mol. The van der Waals surface area contributed by atoms with Gasteiger partial charge in [0.15, 0.2) is 9.84 Å². The van der Waals surface area contributed by atoms with Gasteiger partial charge in [-0.05, 0) is 67.4 Å². The Labute approximate surface area is 156 Å². The minimum atomic E-state index is -3.27. The Balaban J connectivity index is 2.07. The molecule has 2 aromatic rings. The summed E-state index contributed by atoms with van der Waals surface area (Å²) in [6.07, 6.45) is 1.59. The number of anilines is 1. The van der Waals surface area contributed by atoms with Crippen molar-refractivity contribution in [2.24, 2.45) is 0 Å². The summed E-state index contributed by atoms with van der Waals surface area (Å²) in [4.78, 5) is 14.7. The van der Waals surface area contributed by atoms with Gasteiger partial charge in [-0.15, -0.1) is 0 Å². The Morgan fingerprint density at radius 1 is 1.08 bits per heavy atom. The number of rotatable bonds is 3. The molecule has 6 heteroatoms. The number of halogens is 1. The minimum absolute atomic E-state index is 0.0950. The number of hydrogen-bond donors (Lipinski definition) is 0. The van der Waals surface area contributed by atoms with E-state index in [0.29, 0.717) is 11.3 Å². The molecule has 0 saturated carbocycles. The van der Waals surface area contributed by atoms with Crippen LogP contribution in [0.5, 0.6) is 0 Å². The van der Waals surface area contributed by atoms with Gasteiger partial charge in [-0.3, -0.25) is 4.79 Å². The summed E-state index contributed by atoms with van der Waals surface area (Å²) in [7, 11) is -3.27. The standard InChI is InChI=1S/C19H18BrNO3S/c1-13-9-14(2)11-18(10-13)21(17-7-8-25(23,24)12-17)19(22)15-3-5-16(20)6-4-15/h3-11,17H,12H2,1-2H3. The largest absolute Gasteiger partial charge is 0.300 e. The Bertz CT molecular complexity index is 929. The van der Waals surface area contributed by atoms with Crippen molar-refractivity contribution in [1.82, 2.24) is 0 Å². The molecule has 1 aliphatic heterocycles. The lowest BCUT2D eigenvalue weighted by Gasteiger charge is -2.28. The van der Waals surface area contributed by atoms with Gasteiger partial charge < -0.3 is 4.90 Å². The molecule has 0 N–H and O–H groups in total. The monoisotopic (exact) mass is 419 g/mol. The number of sulfone groups is 1. The Morgan fingerprint density at radius 3 is 2.20 bits per heavy atom. The molecule has 0 radical (unpaired) electrons. The summed E-state index contributed by atoms with van der Waals surface area (Å²) in [5.74, 6) is -0.313. The van der Waals surface area contributed by atoms with Gasteiger partial charge in [0.1, 0.15) is 0 Å². The molecule has 0 aromatic heterocycles. The highest BCUT2D eigenvalue weighted by Gasteiger charge is 2.32. The van der Waals surface area contributed by atoms with E-state index in [1.807, 2.05) is 32.0 Å². The fourth-order valence-electron chi connectivity index (χ4n) is 3.00. The molecule has 1 aliphatic rings. The van der Waals surface area contributed by atoms with E-state index in [4.69, 9.17) is 0 Å². The van der Waals surface area contributed by atoms with Crippen molar-refractivity contribution >= 4 is 37.4 Å². The highest BCUT2D eigenvalue weighted by molar-refractivity contribution is 9.10. The van der Waals surface area contributed by atoms with Crippen LogP contribution in [0.25, 0.3) is 0 Å². The van der Waals surface area contributed by atoms with Crippen LogP contribution >= 0.6 is 15.9 Å². The minimum Gasteiger partial charge on any atom is -0.300 e. The summed E-state index contributed by atoms with van der Waals surface area (Å²) in [6.45, 7) is 3.92. The fourth-order valence-corrected chi connectivity index (χ4v) is 4.53. The van der Waals surface area contributed by atoms with Crippen LogP contribution in [0, 0.1) is 13.8 Å². The molecule has 25 heavy (non-hydrogen) atoms. The lowest BCUT2D eigenvalue weighted by Crippen LogP contribution is -2.41. The van der Waals surface area contributed by atoms with Crippen LogP contribution < -0.4 is 4.90 Å². The zero-order chi connectivity index (χ0) is 18.2. The first-order valence-electron chi connectivity index (χ1n) is 7.83. The Morgan fingerprint density at radius 2 is 1.68 bits per heavy atom. The van der Waals surface area contributed by atoms with Crippen LogP contribution in [0.1, 0.15) is 21.5 Å². The summed E-state index contributed by atoms with van der Waals surface area (Å²) in [5, 5.41) is 1.20. The molecule has 0 fully saturated rings. The van der Waals surface area contributed by atoms with Crippen LogP contribution in [0.4, 0.5) is 5.69 Å². The molecule has 3 rings (SSSR count). The van der Waals surface area contributed by atoms with Crippen molar-refractivity contribution in [3.05, 3.63) is 75.1 Å². The van der Waals surface area contributed by atoms with Gasteiger partial charge in [0.2, 0.25) is 0 Å². The van der Waals surface area contributed by atoms with E-state index in [9.17, 15) is 13.2 Å². The van der Waals surface area contributed by atoms with Crippen molar-refractivity contribution < 1.29 is 13.2 Å². The van der Waals surface area contributed by atoms with Crippen molar-refractivity contribution in [1.29, 1.82) is 0 Å². The number of amides is 1. The van der Waals surface area contributed by atoms with Gasteiger partial charge in [0, 0.05) is 21.1 Å². The van der Waals surface area contributed by atoms with Gasteiger partial charge >= 0.3 is 0 Å². The first-order chi connectivity index (χ1) is 11.7. The van der Waals surface area contributed by atoms with E-state index < -0.39 is 15.9 Å². The van der Waals surface area contributed by atoms with E-state index >= 15 is 0 Å². The molecule has 1 atom stereocenters. The number of carbonyl (C=O) groups excluding carboxylic acids is 1. The lowest BCUT2D eigenvalue weighted by molar-refractivity contribution is 0.0983. The van der Waals surface area contributed by atoms with Crippen LogP contribution in [0.3, 0.4) is 0 Å². The fraction of sp³-hybridized carbons (Fsp3) is 0.211. The summed E-state index contributed by atoms with van der Waals surface area (Å²) < 4.78 is 24.6. The number of carbonyl (C=O) groups is 1. The number of hydrogen-bond acceptors (Lipinski definition) is 3. The van der Waals surface area contributed by atoms with Gasteiger partial charge in [-0.1, -0.05) is 22.0 Å². The van der Waals surface area contributed by atoms with Gasteiger partial charge in [0.25, 0.3) is 5.91 Å². The van der Waals surface area contributed by atoms with Crippen molar-refractivity contribution in [2.45, 2.75) is 19.9 Å². The topological polar surface area (TPSA) is 54.5 Å². The van der Waals surface area contributed by atoms with Crippen molar-refractivity contribution in [3.63, 3.8) is 0 Å². The second kappa shape index (κ2) is 6.77. The molecule has 1 heterocycles. The highest BCUT2D eigenvalue weighted by Crippen LogP contribution is 2.27. The first kappa shape index (κ1) is 17.9. The Hall–Kier alpha value is -1.92. The summed E-state index contributed by atoms with van der Waals surface area (Å²) in [5.41, 5.74) is 3.26. The molecule has 0 bridgehead atoms. The average Bonchev–Trinajstić information content (AvgIpc) is 2.87. The van der Waals surface area contributed by atoms with E-state index in [1.54, 1.807) is 35.2 Å². The maximum atomic E-state index is 13.2. The Kier molecular flexibility index (Phi) is 4.84. The number of nitrogens with zero attached hydrogens (tertiary/aromatic N) is 1. The predicted octanol–water partition coefficient (Wildman–Crippen LogP) is 4.02. The van der Waals surface area contributed by atoms with Crippen LogP contribution in [-0.2, 0) is 9.84 Å². The van der Waals surface area contributed by atoms with Gasteiger partial charge in [0.05, 0.1) is 11.8 Å². The van der Waals surface area contributed by atoms with Crippen molar-refractivity contribution in [3.8, 4) is 0 Å². The van der Waals surface area contributed by atoms with Crippen LogP contribution in [-0.4, -0.2) is 26.1 Å². The quantitative estimate of drug-likeness (QED) is 0.754. The zero-order valence-electron chi connectivity index (χ0n) is 13.9. The molecule has 1 amide bonds. The van der Waals surface area contributed by atoms with E-state index in [1.165, 1.54) is 5.41 Å². The third-order valence-electron chi connectivity index (χ3n) is 4.04. The molecule has 130 valence electrons. The normalized spacial score (nSPS) is 18.3. The van der Waals surface area contributed by atoms with Crippen LogP contribution in [0.2, 0.25) is 0 Å². The summed E-state index contributed by atoms with van der Waals surface area (Å²) in [6, 6.07) is 12.4. The lowest BCUT2D eigenvalue weighted by atomic mass is 10.1. The van der Waals surface area contributed by atoms with E-state index in [-0.39, 0.29) is 11.7 Å². The molecule has 0 spiro atoms. The molecule has 0 aliphatic carbocycles. The number of benzene rings is 2. The second-order valence-corrected chi connectivity index (χ2v) is 9.10. The first-order valence-corrected chi connectivity index (χ1v) is 10.3. The second-order valence-electron chi connectivity index (χ2n) is 6.25. The third kappa shape index (κ3) is 4.02. The maximum absolute atomic E-state index is 13.2.